The van der Waals surface area contributed by atoms with Crippen LogP contribution in [0.2, 0.25) is 0 Å². The molecule has 0 saturated carbocycles. The van der Waals surface area contributed by atoms with Crippen molar-refractivity contribution >= 4 is 5.65 Å². The van der Waals surface area contributed by atoms with Crippen LogP contribution in [0.25, 0.3) is 11.5 Å². The maximum atomic E-state index is 4.29. The van der Waals surface area contributed by atoms with Crippen LogP contribution in [0.4, 0.5) is 0 Å². The van der Waals surface area contributed by atoms with E-state index in [2.05, 4.69) is 20.3 Å². The van der Waals surface area contributed by atoms with Crippen LogP contribution >= 0.6 is 0 Å². The second-order valence-corrected chi connectivity index (χ2v) is 2.80. The highest BCUT2D eigenvalue weighted by atomic mass is 15.4. The molecule has 0 saturated heterocycles. The third-order valence-corrected chi connectivity index (χ3v) is 1.92. The molecule has 0 unspecified atom stereocenters. The number of hydrogen-bond acceptors (Lipinski definition) is 4. The minimum atomic E-state index is 0.730. The van der Waals surface area contributed by atoms with Crippen LogP contribution in [-0.2, 0) is 0 Å². The van der Waals surface area contributed by atoms with E-state index in [1.807, 2.05) is 22.9 Å². The normalized spacial score (nSPS) is 10.9. The Morgan fingerprint density at radius 1 is 1.14 bits per heavy atom. The van der Waals surface area contributed by atoms with Gasteiger partial charge in [0.2, 0.25) is 0 Å². The van der Waals surface area contributed by atoms with E-state index < -0.39 is 0 Å². The van der Waals surface area contributed by atoms with E-state index >= 15 is 0 Å². The number of nitrogens with zero attached hydrogens (tertiary/aromatic N) is 6. The molecule has 14 heavy (non-hydrogen) atoms. The van der Waals surface area contributed by atoms with Crippen molar-refractivity contribution in [2.45, 2.75) is 0 Å². The van der Waals surface area contributed by atoms with Gasteiger partial charge in [-0.25, -0.2) is 4.98 Å². The molecule has 0 bridgehead atoms. The van der Waals surface area contributed by atoms with Crippen LogP contribution in [0, 0.1) is 0 Å². The number of imidazole rings is 1. The molecule has 0 aliphatic rings. The summed E-state index contributed by atoms with van der Waals surface area (Å²) in [5.41, 5.74) is 0.730. The Labute approximate surface area is 78.8 Å². The van der Waals surface area contributed by atoms with Crippen LogP contribution in [0.5, 0.6) is 0 Å². The molecular formula is C8H6N6. The molecule has 0 aromatic carbocycles. The van der Waals surface area contributed by atoms with Gasteiger partial charge in [-0.1, -0.05) is 0 Å². The number of aromatic nitrogens is 6. The van der Waals surface area contributed by atoms with Crippen molar-refractivity contribution in [1.82, 2.24) is 29.4 Å². The molecule has 3 rings (SSSR count). The lowest BCUT2D eigenvalue weighted by molar-refractivity contribution is 0.859. The van der Waals surface area contributed by atoms with Gasteiger partial charge in [0.15, 0.2) is 11.5 Å². The summed E-state index contributed by atoms with van der Waals surface area (Å²) < 4.78 is 3.44. The molecule has 3 heterocycles. The maximum absolute atomic E-state index is 4.29. The van der Waals surface area contributed by atoms with Gasteiger partial charge in [0.25, 0.3) is 0 Å². The zero-order valence-electron chi connectivity index (χ0n) is 7.15. The molecule has 3 aromatic rings. The van der Waals surface area contributed by atoms with Gasteiger partial charge in [-0.05, 0) is 12.1 Å². The summed E-state index contributed by atoms with van der Waals surface area (Å²) in [6, 6.07) is 3.72. The van der Waals surface area contributed by atoms with Crippen molar-refractivity contribution < 1.29 is 0 Å². The predicted molar refractivity (Wildman–Crippen MR) is 47.9 cm³/mol. The van der Waals surface area contributed by atoms with Crippen molar-refractivity contribution in [2.24, 2.45) is 0 Å². The first-order valence-corrected chi connectivity index (χ1v) is 4.09. The average molecular weight is 186 g/mol. The van der Waals surface area contributed by atoms with Crippen molar-refractivity contribution in [3.63, 3.8) is 0 Å². The van der Waals surface area contributed by atoms with Gasteiger partial charge in [-0.2, -0.15) is 4.52 Å². The largest absolute Gasteiger partial charge is 0.289 e. The molecule has 0 amide bonds. The summed E-state index contributed by atoms with van der Waals surface area (Å²) >= 11 is 0. The highest BCUT2D eigenvalue weighted by molar-refractivity contribution is 5.37. The van der Waals surface area contributed by atoms with Crippen molar-refractivity contribution in [2.75, 3.05) is 0 Å². The quantitative estimate of drug-likeness (QED) is 0.548. The fourth-order valence-corrected chi connectivity index (χ4v) is 1.25. The van der Waals surface area contributed by atoms with E-state index in [0.717, 1.165) is 11.5 Å². The Morgan fingerprint density at radius 3 is 3.00 bits per heavy atom. The number of rotatable bonds is 1. The molecule has 0 N–H and O–H groups in total. The first-order valence-electron chi connectivity index (χ1n) is 4.09. The molecule has 6 heteroatoms. The fraction of sp³-hybridized carbons (Fsp3) is 0. The lowest BCUT2D eigenvalue weighted by Gasteiger charge is -1.99. The summed E-state index contributed by atoms with van der Waals surface area (Å²) in [4.78, 5) is 3.95. The second-order valence-electron chi connectivity index (χ2n) is 2.80. The highest BCUT2D eigenvalue weighted by Gasteiger charge is 1.99. The smallest absolute Gasteiger partial charge is 0.177 e. The maximum Gasteiger partial charge on any atom is 0.177 e. The lowest BCUT2D eigenvalue weighted by Crippen LogP contribution is -1.99. The minimum Gasteiger partial charge on any atom is -0.289 e. The predicted octanol–water partition coefficient (Wildman–Crippen LogP) is 0.310. The standard InChI is InChI=1S/C8H6N6/c1-2-8(13-4-3-9-5-13)12-14-6-10-11-7(1)14/h1-6H. The number of hydrogen-bond donors (Lipinski definition) is 0. The molecule has 0 radical (unpaired) electrons. The van der Waals surface area contributed by atoms with E-state index in [1.54, 1.807) is 23.4 Å². The third kappa shape index (κ3) is 0.972. The summed E-state index contributed by atoms with van der Waals surface area (Å²) in [5.74, 6) is 0.787. The topological polar surface area (TPSA) is 60.9 Å². The molecule has 3 aromatic heterocycles. The van der Waals surface area contributed by atoms with E-state index in [9.17, 15) is 0 Å². The molecule has 6 nitrogen and oxygen atoms in total. The SMILES string of the molecule is c1cn(-c2ccc3nncn3n2)cn1. The summed E-state index contributed by atoms with van der Waals surface area (Å²) in [6.07, 6.45) is 6.80. The van der Waals surface area contributed by atoms with Crippen LogP contribution in [0.15, 0.2) is 37.2 Å². The monoisotopic (exact) mass is 186 g/mol. The minimum absolute atomic E-state index is 0.730. The second kappa shape index (κ2) is 2.63. The Morgan fingerprint density at radius 2 is 2.14 bits per heavy atom. The Hall–Kier alpha value is -2.24. The molecule has 0 spiro atoms. The fourth-order valence-electron chi connectivity index (χ4n) is 1.25. The Kier molecular flexibility index (Phi) is 1.35. The zero-order valence-corrected chi connectivity index (χ0v) is 7.15. The van der Waals surface area contributed by atoms with Gasteiger partial charge in [0.1, 0.15) is 12.7 Å². The van der Waals surface area contributed by atoms with Gasteiger partial charge >= 0.3 is 0 Å². The molecule has 0 aliphatic carbocycles. The molecule has 0 fully saturated rings. The van der Waals surface area contributed by atoms with Crippen LogP contribution < -0.4 is 0 Å². The first kappa shape index (κ1) is 7.19. The number of fused-ring (bicyclic) bond motifs is 1. The average Bonchev–Trinajstić information content (AvgIpc) is 2.88. The van der Waals surface area contributed by atoms with Crippen molar-refractivity contribution in [3.8, 4) is 5.82 Å². The zero-order chi connectivity index (χ0) is 9.38. The van der Waals surface area contributed by atoms with E-state index in [4.69, 9.17) is 0 Å². The summed E-state index contributed by atoms with van der Waals surface area (Å²) in [7, 11) is 0. The van der Waals surface area contributed by atoms with Crippen LogP contribution in [-0.4, -0.2) is 29.4 Å². The Bertz CT molecular complexity index is 552. The van der Waals surface area contributed by atoms with Gasteiger partial charge in [-0.3, -0.25) is 4.57 Å². The summed E-state index contributed by atoms with van der Waals surface area (Å²) in [5, 5.41) is 11.9. The van der Waals surface area contributed by atoms with E-state index in [-0.39, 0.29) is 0 Å². The first-order chi connectivity index (χ1) is 6.93. The van der Waals surface area contributed by atoms with Gasteiger partial charge < -0.3 is 0 Å². The van der Waals surface area contributed by atoms with Crippen LogP contribution in [0.1, 0.15) is 0 Å². The van der Waals surface area contributed by atoms with Gasteiger partial charge in [0.05, 0.1) is 0 Å². The van der Waals surface area contributed by atoms with Crippen molar-refractivity contribution in [3.05, 3.63) is 37.2 Å². The summed E-state index contributed by atoms with van der Waals surface area (Å²) in [6.45, 7) is 0. The van der Waals surface area contributed by atoms with Crippen molar-refractivity contribution in [1.29, 1.82) is 0 Å². The molecule has 68 valence electrons. The van der Waals surface area contributed by atoms with Crippen LogP contribution in [0.3, 0.4) is 0 Å². The molecule has 0 aliphatic heterocycles. The van der Waals surface area contributed by atoms with E-state index in [1.165, 1.54) is 0 Å². The van der Waals surface area contributed by atoms with Gasteiger partial charge in [0, 0.05) is 12.4 Å². The highest BCUT2D eigenvalue weighted by Crippen LogP contribution is 2.03. The molecule has 0 atom stereocenters. The lowest BCUT2D eigenvalue weighted by atomic mass is 10.5. The van der Waals surface area contributed by atoms with Gasteiger partial charge in [-0.15, -0.1) is 15.3 Å². The third-order valence-electron chi connectivity index (χ3n) is 1.92. The Balaban J connectivity index is 2.23. The molecular weight excluding hydrogens is 180 g/mol. The van der Waals surface area contributed by atoms with E-state index in [0.29, 0.717) is 0 Å².